The highest BCUT2D eigenvalue weighted by molar-refractivity contribution is 5.90. The standard InChI is InChI=1S/C17H18N8O/c1-10-14-16(19-9-7-13-20-11(2)26-24-13)21-15(12-6-4-5-8-18-12)22-17(14)25(3)23-10/h4-6,8H,7,9H2,1-3H3,(H,19,21,22). The van der Waals surface area contributed by atoms with Crippen LogP contribution in [0, 0.1) is 13.8 Å². The van der Waals surface area contributed by atoms with E-state index in [-0.39, 0.29) is 0 Å². The zero-order valence-corrected chi connectivity index (χ0v) is 14.8. The van der Waals surface area contributed by atoms with Crippen LogP contribution in [0.4, 0.5) is 5.82 Å². The Labute approximate surface area is 149 Å². The van der Waals surface area contributed by atoms with E-state index < -0.39 is 0 Å². The van der Waals surface area contributed by atoms with Gasteiger partial charge in [-0.05, 0) is 19.1 Å². The third-order valence-electron chi connectivity index (χ3n) is 3.96. The number of nitrogens with zero attached hydrogens (tertiary/aromatic N) is 7. The van der Waals surface area contributed by atoms with E-state index in [2.05, 4.69) is 35.5 Å². The van der Waals surface area contributed by atoms with Gasteiger partial charge in [0, 0.05) is 33.1 Å². The molecule has 0 spiro atoms. The van der Waals surface area contributed by atoms with Crippen LogP contribution in [0.5, 0.6) is 0 Å². The van der Waals surface area contributed by atoms with E-state index in [9.17, 15) is 0 Å². The minimum Gasteiger partial charge on any atom is -0.369 e. The van der Waals surface area contributed by atoms with Crippen molar-refractivity contribution >= 4 is 16.9 Å². The quantitative estimate of drug-likeness (QED) is 0.583. The average molecular weight is 350 g/mol. The maximum absolute atomic E-state index is 5.00. The Balaban J connectivity index is 1.69. The summed E-state index contributed by atoms with van der Waals surface area (Å²) in [6, 6.07) is 5.66. The van der Waals surface area contributed by atoms with Crippen LogP contribution in [0.1, 0.15) is 17.4 Å². The Morgan fingerprint density at radius 3 is 2.77 bits per heavy atom. The Morgan fingerprint density at radius 2 is 2.04 bits per heavy atom. The number of pyridine rings is 1. The second-order valence-corrected chi connectivity index (χ2v) is 5.92. The highest BCUT2D eigenvalue weighted by Crippen LogP contribution is 2.26. The Kier molecular flexibility index (Phi) is 4.04. The molecule has 0 saturated heterocycles. The van der Waals surface area contributed by atoms with E-state index in [0.717, 1.165) is 22.5 Å². The van der Waals surface area contributed by atoms with Gasteiger partial charge in [0.2, 0.25) is 5.89 Å². The Morgan fingerprint density at radius 1 is 1.15 bits per heavy atom. The van der Waals surface area contributed by atoms with Crippen molar-refractivity contribution in [2.75, 3.05) is 11.9 Å². The van der Waals surface area contributed by atoms with Gasteiger partial charge in [0.05, 0.1) is 11.1 Å². The maximum atomic E-state index is 5.00. The van der Waals surface area contributed by atoms with Gasteiger partial charge in [-0.3, -0.25) is 9.67 Å². The first-order valence-electron chi connectivity index (χ1n) is 8.27. The van der Waals surface area contributed by atoms with Gasteiger partial charge in [-0.15, -0.1) is 0 Å². The van der Waals surface area contributed by atoms with Crippen LogP contribution in [-0.4, -0.2) is 41.4 Å². The largest absolute Gasteiger partial charge is 0.369 e. The zero-order valence-electron chi connectivity index (χ0n) is 14.8. The van der Waals surface area contributed by atoms with E-state index in [1.165, 1.54) is 0 Å². The Bertz CT molecular complexity index is 1050. The number of hydrogen-bond donors (Lipinski definition) is 1. The van der Waals surface area contributed by atoms with Crippen LogP contribution >= 0.6 is 0 Å². The van der Waals surface area contributed by atoms with Gasteiger partial charge in [-0.1, -0.05) is 11.2 Å². The fourth-order valence-corrected chi connectivity index (χ4v) is 2.81. The normalized spacial score (nSPS) is 11.2. The van der Waals surface area contributed by atoms with Crippen LogP contribution in [0.3, 0.4) is 0 Å². The maximum Gasteiger partial charge on any atom is 0.223 e. The van der Waals surface area contributed by atoms with Crippen LogP contribution < -0.4 is 5.32 Å². The number of rotatable bonds is 5. The summed E-state index contributed by atoms with van der Waals surface area (Å²) in [5.74, 6) is 2.50. The van der Waals surface area contributed by atoms with Gasteiger partial charge in [0.1, 0.15) is 11.5 Å². The van der Waals surface area contributed by atoms with Crippen molar-refractivity contribution in [3.63, 3.8) is 0 Å². The number of aromatic nitrogens is 7. The molecule has 0 atom stereocenters. The molecule has 0 aromatic carbocycles. The minimum atomic E-state index is 0.555. The summed E-state index contributed by atoms with van der Waals surface area (Å²) in [5, 5.41) is 12.6. The summed E-state index contributed by atoms with van der Waals surface area (Å²) in [6.45, 7) is 4.33. The fourth-order valence-electron chi connectivity index (χ4n) is 2.81. The van der Waals surface area contributed by atoms with Crippen molar-refractivity contribution in [1.29, 1.82) is 0 Å². The van der Waals surface area contributed by atoms with Crippen molar-refractivity contribution in [1.82, 2.24) is 34.9 Å². The zero-order chi connectivity index (χ0) is 18.1. The van der Waals surface area contributed by atoms with Crippen molar-refractivity contribution in [3.05, 3.63) is 41.8 Å². The average Bonchev–Trinajstić information content (AvgIpc) is 3.18. The topological polar surface area (TPSA) is 107 Å². The summed E-state index contributed by atoms with van der Waals surface area (Å²) in [6.07, 6.45) is 2.35. The third kappa shape index (κ3) is 2.99. The van der Waals surface area contributed by atoms with Gasteiger partial charge >= 0.3 is 0 Å². The fraction of sp³-hybridized carbons (Fsp3) is 0.294. The summed E-state index contributed by atoms with van der Waals surface area (Å²) in [4.78, 5) is 17.9. The molecular formula is C17H18N8O. The Hall–Kier alpha value is -3.36. The van der Waals surface area contributed by atoms with E-state index in [1.54, 1.807) is 17.8 Å². The summed E-state index contributed by atoms with van der Waals surface area (Å²) < 4.78 is 6.76. The van der Waals surface area contributed by atoms with E-state index in [4.69, 9.17) is 4.52 Å². The molecule has 0 fully saturated rings. The second-order valence-electron chi connectivity index (χ2n) is 5.92. The smallest absolute Gasteiger partial charge is 0.223 e. The number of aryl methyl sites for hydroxylation is 3. The highest BCUT2D eigenvalue weighted by Gasteiger charge is 2.16. The van der Waals surface area contributed by atoms with Crippen molar-refractivity contribution in [2.24, 2.45) is 7.05 Å². The second kappa shape index (κ2) is 6.51. The minimum absolute atomic E-state index is 0.555. The number of hydrogen-bond acceptors (Lipinski definition) is 8. The van der Waals surface area contributed by atoms with E-state index in [1.807, 2.05) is 32.2 Å². The lowest BCUT2D eigenvalue weighted by molar-refractivity contribution is 0.387. The number of fused-ring (bicyclic) bond motifs is 1. The van der Waals surface area contributed by atoms with E-state index >= 15 is 0 Å². The predicted octanol–water partition coefficient (Wildman–Crippen LogP) is 2.08. The molecule has 4 aromatic rings. The van der Waals surface area contributed by atoms with Crippen LogP contribution in [0.25, 0.3) is 22.6 Å². The molecule has 0 radical (unpaired) electrons. The molecule has 1 N–H and O–H groups in total. The van der Waals surface area contributed by atoms with Gasteiger partial charge in [-0.25, -0.2) is 9.97 Å². The molecule has 4 aromatic heterocycles. The first-order chi connectivity index (χ1) is 12.6. The van der Waals surface area contributed by atoms with Gasteiger partial charge < -0.3 is 9.84 Å². The molecule has 9 nitrogen and oxygen atoms in total. The molecule has 0 aliphatic heterocycles. The lowest BCUT2D eigenvalue weighted by atomic mass is 10.2. The predicted molar refractivity (Wildman–Crippen MR) is 95.5 cm³/mol. The molecule has 0 amide bonds. The molecule has 4 heterocycles. The molecule has 0 unspecified atom stereocenters. The van der Waals surface area contributed by atoms with Crippen molar-refractivity contribution in [3.8, 4) is 11.5 Å². The molecule has 0 aliphatic rings. The van der Waals surface area contributed by atoms with Crippen LogP contribution in [0.15, 0.2) is 28.9 Å². The summed E-state index contributed by atoms with van der Waals surface area (Å²) >= 11 is 0. The van der Waals surface area contributed by atoms with Gasteiger partial charge in [-0.2, -0.15) is 10.1 Å². The number of nitrogens with one attached hydrogen (secondary N) is 1. The first-order valence-corrected chi connectivity index (χ1v) is 8.27. The molecule has 0 bridgehead atoms. The summed E-state index contributed by atoms with van der Waals surface area (Å²) in [7, 11) is 1.87. The number of anilines is 1. The molecule has 26 heavy (non-hydrogen) atoms. The molecule has 0 saturated carbocycles. The third-order valence-corrected chi connectivity index (χ3v) is 3.96. The van der Waals surface area contributed by atoms with Crippen LogP contribution in [-0.2, 0) is 13.5 Å². The molecular weight excluding hydrogens is 332 g/mol. The SMILES string of the molecule is Cc1nc(CCNc2nc(-c3ccccn3)nc3c2c(C)nn3C)no1. The molecule has 4 rings (SSSR count). The lowest BCUT2D eigenvalue weighted by Gasteiger charge is -2.08. The first kappa shape index (κ1) is 16.1. The monoisotopic (exact) mass is 350 g/mol. The molecule has 132 valence electrons. The molecule has 9 heteroatoms. The van der Waals surface area contributed by atoms with Crippen molar-refractivity contribution < 1.29 is 4.52 Å². The highest BCUT2D eigenvalue weighted by atomic mass is 16.5. The molecule has 0 aliphatic carbocycles. The lowest BCUT2D eigenvalue weighted by Crippen LogP contribution is -2.09. The van der Waals surface area contributed by atoms with Crippen molar-refractivity contribution in [2.45, 2.75) is 20.3 Å². The summed E-state index contributed by atoms with van der Waals surface area (Å²) in [5.41, 5.74) is 2.34. The van der Waals surface area contributed by atoms with Crippen LogP contribution in [0.2, 0.25) is 0 Å². The van der Waals surface area contributed by atoms with E-state index in [0.29, 0.717) is 36.2 Å². The van der Waals surface area contributed by atoms with Gasteiger partial charge in [0.25, 0.3) is 0 Å². The van der Waals surface area contributed by atoms with Gasteiger partial charge in [0.15, 0.2) is 17.3 Å².